The van der Waals surface area contributed by atoms with E-state index in [1.54, 1.807) is 0 Å². The summed E-state index contributed by atoms with van der Waals surface area (Å²) in [6.45, 7) is 11.2. The van der Waals surface area contributed by atoms with Crippen molar-refractivity contribution in [3.63, 3.8) is 0 Å². The molecule has 1 rings (SSSR count). The monoisotopic (exact) mass is 240 g/mol. The van der Waals surface area contributed by atoms with Crippen molar-refractivity contribution < 1.29 is 0 Å². The summed E-state index contributed by atoms with van der Waals surface area (Å²) in [5, 5.41) is 5.62. The molecule has 0 aliphatic heterocycles. The highest BCUT2D eigenvalue weighted by molar-refractivity contribution is 7.09. The SMILES string of the molecule is CCN(CCNC(C)C)CCc1cccs1. The molecular formula is C13H24N2S. The number of nitrogens with one attached hydrogen (secondary N) is 1. The number of hydrogen-bond donors (Lipinski definition) is 1. The summed E-state index contributed by atoms with van der Waals surface area (Å²) in [6, 6.07) is 4.96. The zero-order valence-electron chi connectivity index (χ0n) is 10.7. The molecule has 0 aliphatic carbocycles. The van der Waals surface area contributed by atoms with Crippen molar-refractivity contribution >= 4 is 11.3 Å². The number of rotatable bonds is 8. The molecule has 92 valence electrons. The van der Waals surface area contributed by atoms with Gasteiger partial charge in [0.25, 0.3) is 0 Å². The standard InChI is InChI=1S/C13H24N2S/c1-4-15(10-8-14-12(2)3)9-7-13-6-5-11-16-13/h5-6,11-12,14H,4,7-10H2,1-3H3. The third-order valence-electron chi connectivity index (χ3n) is 2.68. The molecule has 0 aliphatic rings. The molecule has 1 aromatic heterocycles. The summed E-state index contributed by atoms with van der Waals surface area (Å²) in [5.41, 5.74) is 0. The van der Waals surface area contributed by atoms with Gasteiger partial charge >= 0.3 is 0 Å². The molecule has 0 saturated heterocycles. The molecule has 0 spiro atoms. The second-order valence-corrected chi connectivity index (χ2v) is 5.40. The molecule has 0 bridgehead atoms. The second kappa shape index (κ2) is 7.82. The molecule has 16 heavy (non-hydrogen) atoms. The largest absolute Gasteiger partial charge is 0.313 e. The molecule has 1 N–H and O–H groups in total. The summed E-state index contributed by atoms with van der Waals surface area (Å²) in [5.74, 6) is 0. The van der Waals surface area contributed by atoms with E-state index >= 15 is 0 Å². The van der Waals surface area contributed by atoms with E-state index in [-0.39, 0.29) is 0 Å². The quantitative estimate of drug-likeness (QED) is 0.751. The van der Waals surface area contributed by atoms with Crippen LogP contribution >= 0.6 is 11.3 Å². The van der Waals surface area contributed by atoms with Crippen LogP contribution in [0.4, 0.5) is 0 Å². The molecule has 0 fully saturated rings. The summed E-state index contributed by atoms with van der Waals surface area (Å²) < 4.78 is 0. The number of thiophene rings is 1. The Kier molecular flexibility index (Phi) is 6.69. The zero-order chi connectivity index (χ0) is 11.8. The zero-order valence-corrected chi connectivity index (χ0v) is 11.5. The van der Waals surface area contributed by atoms with E-state index < -0.39 is 0 Å². The van der Waals surface area contributed by atoms with E-state index in [1.807, 2.05) is 11.3 Å². The van der Waals surface area contributed by atoms with E-state index in [9.17, 15) is 0 Å². The Bertz CT molecular complexity index is 257. The van der Waals surface area contributed by atoms with Crippen molar-refractivity contribution in [3.8, 4) is 0 Å². The molecule has 0 amide bonds. The van der Waals surface area contributed by atoms with Crippen molar-refractivity contribution in [1.29, 1.82) is 0 Å². The lowest BCUT2D eigenvalue weighted by Crippen LogP contribution is -2.35. The third-order valence-corrected chi connectivity index (χ3v) is 3.62. The Labute approximate surface area is 104 Å². The van der Waals surface area contributed by atoms with Gasteiger partial charge in [0.2, 0.25) is 0 Å². The fourth-order valence-corrected chi connectivity index (χ4v) is 2.36. The van der Waals surface area contributed by atoms with Crippen LogP contribution in [0.3, 0.4) is 0 Å². The summed E-state index contributed by atoms with van der Waals surface area (Å²) in [6.07, 6.45) is 1.19. The second-order valence-electron chi connectivity index (χ2n) is 4.37. The van der Waals surface area contributed by atoms with Gasteiger partial charge in [-0.1, -0.05) is 26.8 Å². The van der Waals surface area contributed by atoms with E-state index in [0.717, 1.165) is 19.6 Å². The van der Waals surface area contributed by atoms with Gasteiger partial charge in [0, 0.05) is 30.6 Å². The van der Waals surface area contributed by atoms with Gasteiger partial charge in [-0.25, -0.2) is 0 Å². The summed E-state index contributed by atoms with van der Waals surface area (Å²) in [7, 11) is 0. The Morgan fingerprint density at radius 1 is 1.38 bits per heavy atom. The molecule has 1 aromatic rings. The predicted molar refractivity (Wildman–Crippen MR) is 73.3 cm³/mol. The normalized spacial score (nSPS) is 11.6. The van der Waals surface area contributed by atoms with Crippen LogP contribution < -0.4 is 5.32 Å². The fraction of sp³-hybridized carbons (Fsp3) is 0.692. The van der Waals surface area contributed by atoms with Crippen molar-refractivity contribution in [3.05, 3.63) is 22.4 Å². The summed E-state index contributed by atoms with van der Waals surface area (Å²) in [4.78, 5) is 4.00. The Morgan fingerprint density at radius 3 is 2.75 bits per heavy atom. The van der Waals surface area contributed by atoms with Gasteiger partial charge in [0.1, 0.15) is 0 Å². The van der Waals surface area contributed by atoms with E-state index in [1.165, 1.54) is 17.8 Å². The van der Waals surface area contributed by atoms with E-state index in [2.05, 4.69) is 48.5 Å². The van der Waals surface area contributed by atoms with Gasteiger partial charge < -0.3 is 10.2 Å². The molecule has 1 heterocycles. The van der Waals surface area contributed by atoms with Crippen LogP contribution in [0.15, 0.2) is 17.5 Å². The Balaban J connectivity index is 2.16. The van der Waals surface area contributed by atoms with Crippen molar-refractivity contribution in [2.75, 3.05) is 26.2 Å². The van der Waals surface area contributed by atoms with Crippen molar-refractivity contribution in [1.82, 2.24) is 10.2 Å². The maximum absolute atomic E-state index is 3.46. The van der Waals surface area contributed by atoms with Crippen LogP contribution in [0.2, 0.25) is 0 Å². The third kappa shape index (κ3) is 5.64. The first kappa shape index (κ1) is 13.7. The molecule has 0 aromatic carbocycles. The minimum atomic E-state index is 0.594. The molecule has 0 atom stereocenters. The van der Waals surface area contributed by atoms with Gasteiger partial charge in [0.15, 0.2) is 0 Å². The maximum Gasteiger partial charge on any atom is 0.0107 e. The highest BCUT2D eigenvalue weighted by Gasteiger charge is 2.03. The van der Waals surface area contributed by atoms with Crippen molar-refractivity contribution in [2.45, 2.75) is 33.2 Å². The predicted octanol–water partition coefficient (Wildman–Crippen LogP) is 2.61. The average Bonchev–Trinajstić information content (AvgIpc) is 2.75. The number of hydrogen-bond acceptors (Lipinski definition) is 3. The number of likely N-dealkylation sites (N-methyl/N-ethyl adjacent to an activating group) is 1. The van der Waals surface area contributed by atoms with Gasteiger partial charge in [-0.3, -0.25) is 0 Å². The van der Waals surface area contributed by atoms with Gasteiger partial charge in [-0.15, -0.1) is 11.3 Å². The van der Waals surface area contributed by atoms with Crippen LogP contribution in [0.25, 0.3) is 0 Å². The molecule has 0 radical (unpaired) electrons. The molecule has 3 heteroatoms. The lowest BCUT2D eigenvalue weighted by Gasteiger charge is -2.21. The van der Waals surface area contributed by atoms with Gasteiger partial charge in [-0.05, 0) is 24.4 Å². The highest BCUT2D eigenvalue weighted by Crippen LogP contribution is 2.09. The molecular weight excluding hydrogens is 216 g/mol. The maximum atomic E-state index is 3.46. The lowest BCUT2D eigenvalue weighted by molar-refractivity contribution is 0.288. The van der Waals surface area contributed by atoms with Gasteiger partial charge in [0.05, 0.1) is 0 Å². The van der Waals surface area contributed by atoms with Crippen molar-refractivity contribution in [2.24, 2.45) is 0 Å². The van der Waals surface area contributed by atoms with E-state index in [0.29, 0.717) is 6.04 Å². The van der Waals surface area contributed by atoms with Crippen LogP contribution in [0.1, 0.15) is 25.6 Å². The molecule has 2 nitrogen and oxygen atoms in total. The molecule has 0 saturated carbocycles. The minimum absolute atomic E-state index is 0.594. The van der Waals surface area contributed by atoms with E-state index in [4.69, 9.17) is 0 Å². The smallest absolute Gasteiger partial charge is 0.0107 e. The first-order chi connectivity index (χ1) is 7.72. The van der Waals surface area contributed by atoms with Crippen LogP contribution in [-0.2, 0) is 6.42 Å². The highest BCUT2D eigenvalue weighted by atomic mass is 32.1. The number of nitrogens with zero attached hydrogens (tertiary/aromatic N) is 1. The Morgan fingerprint density at radius 2 is 2.19 bits per heavy atom. The average molecular weight is 240 g/mol. The topological polar surface area (TPSA) is 15.3 Å². The minimum Gasteiger partial charge on any atom is -0.313 e. The first-order valence-corrected chi connectivity index (χ1v) is 7.08. The van der Waals surface area contributed by atoms with Crippen LogP contribution in [-0.4, -0.2) is 37.1 Å². The molecule has 0 unspecified atom stereocenters. The summed E-state index contributed by atoms with van der Waals surface area (Å²) >= 11 is 1.86. The fourth-order valence-electron chi connectivity index (χ4n) is 1.66. The van der Waals surface area contributed by atoms with Crippen LogP contribution in [0, 0.1) is 0 Å². The lowest BCUT2D eigenvalue weighted by atomic mass is 10.3. The van der Waals surface area contributed by atoms with Gasteiger partial charge in [-0.2, -0.15) is 0 Å². The first-order valence-electron chi connectivity index (χ1n) is 6.20. The van der Waals surface area contributed by atoms with Crippen LogP contribution in [0.5, 0.6) is 0 Å². The Hall–Kier alpha value is -0.380.